The Morgan fingerprint density at radius 3 is 0.744 bits per heavy atom. The molecule has 0 aromatic carbocycles. The van der Waals surface area contributed by atoms with E-state index in [2.05, 4.69) is 81.5 Å². The van der Waals surface area contributed by atoms with Crippen molar-refractivity contribution in [3.8, 4) is 0 Å². The van der Waals surface area contributed by atoms with E-state index in [-0.39, 0.29) is 31.1 Å². The van der Waals surface area contributed by atoms with Crippen molar-refractivity contribution in [1.29, 1.82) is 0 Å². The number of rotatable bonds is 67. The molecule has 0 aromatic heterocycles. The Bertz CT molecular complexity index is 1460. The maximum Gasteiger partial charge on any atom is 0.306 e. The highest BCUT2D eigenvalue weighted by Crippen LogP contribution is 2.19. The second kappa shape index (κ2) is 70.6. The van der Waals surface area contributed by atoms with Crippen molar-refractivity contribution in [2.24, 2.45) is 0 Å². The van der Waals surface area contributed by atoms with Crippen molar-refractivity contribution in [3.05, 3.63) is 60.8 Å². The maximum absolute atomic E-state index is 12.9. The van der Waals surface area contributed by atoms with Crippen LogP contribution >= 0.6 is 0 Å². The Kier molecular flexibility index (Phi) is 68.1. The van der Waals surface area contributed by atoms with Gasteiger partial charge >= 0.3 is 17.9 Å². The number of hydrogen-bond acceptors (Lipinski definition) is 6. The summed E-state index contributed by atoms with van der Waals surface area (Å²) in [5, 5.41) is 0. The van der Waals surface area contributed by atoms with E-state index in [9.17, 15) is 14.4 Å². The van der Waals surface area contributed by atoms with Gasteiger partial charge in [0.25, 0.3) is 0 Å². The first-order valence-electron chi connectivity index (χ1n) is 36.3. The average Bonchev–Trinajstić information content (AvgIpc) is 3.47. The molecule has 0 amide bonds. The fraction of sp³-hybridized carbons (Fsp3) is 0.829. The summed E-state index contributed by atoms with van der Waals surface area (Å²) < 4.78 is 16.8. The van der Waals surface area contributed by atoms with Crippen LogP contribution in [0.2, 0.25) is 0 Å². The van der Waals surface area contributed by atoms with Gasteiger partial charge in [-0.3, -0.25) is 14.4 Å². The zero-order valence-electron chi connectivity index (χ0n) is 55.0. The minimum absolute atomic E-state index is 0.0752. The lowest BCUT2D eigenvalue weighted by molar-refractivity contribution is -0.167. The lowest BCUT2D eigenvalue weighted by Gasteiger charge is -2.18. The molecule has 82 heavy (non-hydrogen) atoms. The third kappa shape index (κ3) is 67.9. The molecule has 0 spiro atoms. The number of carbonyl (C=O) groups excluding carboxylic acids is 3. The van der Waals surface area contributed by atoms with Crippen LogP contribution in [0.15, 0.2) is 60.8 Å². The first kappa shape index (κ1) is 79.1. The highest BCUT2D eigenvalue weighted by Gasteiger charge is 2.19. The van der Waals surface area contributed by atoms with Crippen molar-refractivity contribution in [3.63, 3.8) is 0 Å². The predicted molar refractivity (Wildman–Crippen MR) is 358 cm³/mol. The number of unbranched alkanes of at least 4 members (excludes halogenated alkanes) is 46. The van der Waals surface area contributed by atoms with Gasteiger partial charge in [-0.2, -0.15) is 0 Å². The molecule has 0 aliphatic heterocycles. The molecule has 0 aliphatic rings. The van der Waals surface area contributed by atoms with Gasteiger partial charge in [-0.05, 0) is 64.2 Å². The SMILES string of the molecule is CC/C=C\C/C=C\C/C=C\C/C=C\C/C=C\CCCCCCCCCC(=O)OC(COC(=O)CCCCCCCC)COC(=O)CCCCCCCCCCCCCCCCCCCCCCCCCCCCCCCCCCCCC. The first-order valence-corrected chi connectivity index (χ1v) is 36.3. The molecule has 0 saturated carbocycles. The quantitative estimate of drug-likeness (QED) is 0.0261. The molecule has 1 atom stereocenters. The van der Waals surface area contributed by atoms with Gasteiger partial charge in [0, 0.05) is 19.3 Å². The van der Waals surface area contributed by atoms with E-state index in [0.29, 0.717) is 19.3 Å². The van der Waals surface area contributed by atoms with Gasteiger partial charge in [0.05, 0.1) is 0 Å². The van der Waals surface area contributed by atoms with E-state index in [1.807, 2.05) is 0 Å². The monoisotopic (exact) mass is 1150 g/mol. The Hall–Kier alpha value is -2.89. The smallest absolute Gasteiger partial charge is 0.306 e. The molecular formula is C76H138O6. The predicted octanol–water partition coefficient (Wildman–Crippen LogP) is 25.1. The van der Waals surface area contributed by atoms with Crippen LogP contribution in [0.5, 0.6) is 0 Å². The van der Waals surface area contributed by atoms with Gasteiger partial charge in [0.15, 0.2) is 6.10 Å². The lowest BCUT2D eigenvalue weighted by Crippen LogP contribution is -2.30. The summed E-state index contributed by atoms with van der Waals surface area (Å²) >= 11 is 0. The summed E-state index contributed by atoms with van der Waals surface area (Å²) in [6.07, 6.45) is 91.8. The Morgan fingerprint density at radius 2 is 0.476 bits per heavy atom. The van der Waals surface area contributed by atoms with Crippen molar-refractivity contribution >= 4 is 17.9 Å². The summed E-state index contributed by atoms with van der Waals surface area (Å²) in [5.74, 6) is -0.877. The Morgan fingerprint density at radius 1 is 0.256 bits per heavy atom. The van der Waals surface area contributed by atoms with E-state index >= 15 is 0 Å². The van der Waals surface area contributed by atoms with Crippen molar-refractivity contribution in [1.82, 2.24) is 0 Å². The normalized spacial score (nSPS) is 12.4. The molecule has 0 heterocycles. The topological polar surface area (TPSA) is 78.9 Å². The van der Waals surface area contributed by atoms with Crippen LogP contribution in [0.25, 0.3) is 0 Å². The fourth-order valence-corrected chi connectivity index (χ4v) is 10.9. The first-order chi connectivity index (χ1) is 40.5. The number of allylic oxidation sites excluding steroid dienone is 10. The van der Waals surface area contributed by atoms with E-state index in [1.54, 1.807) is 0 Å². The van der Waals surface area contributed by atoms with Gasteiger partial charge in [-0.25, -0.2) is 0 Å². The summed E-state index contributed by atoms with van der Waals surface area (Å²) in [4.78, 5) is 38.1. The zero-order valence-corrected chi connectivity index (χ0v) is 55.0. The van der Waals surface area contributed by atoms with Crippen molar-refractivity contribution < 1.29 is 28.6 Å². The molecule has 0 bridgehead atoms. The van der Waals surface area contributed by atoms with Gasteiger partial charge in [0.1, 0.15) is 13.2 Å². The minimum Gasteiger partial charge on any atom is -0.462 e. The summed E-state index contributed by atoms with van der Waals surface area (Å²) in [5.41, 5.74) is 0. The van der Waals surface area contributed by atoms with Gasteiger partial charge in [-0.15, -0.1) is 0 Å². The number of esters is 3. The van der Waals surface area contributed by atoms with Gasteiger partial charge < -0.3 is 14.2 Å². The molecular weight excluding hydrogens is 1010 g/mol. The molecule has 0 fully saturated rings. The average molecular weight is 1150 g/mol. The van der Waals surface area contributed by atoms with E-state index in [0.717, 1.165) is 96.3 Å². The van der Waals surface area contributed by atoms with Crippen LogP contribution in [-0.2, 0) is 28.6 Å². The Labute approximate surface area is 510 Å². The number of hydrogen-bond donors (Lipinski definition) is 0. The molecule has 1 unspecified atom stereocenters. The van der Waals surface area contributed by atoms with Gasteiger partial charge in [-0.1, -0.05) is 364 Å². The molecule has 478 valence electrons. The molecule has 6 heteroatoms. The van der Waals surface area contributed by atoms with E-state index in [4.69, 9.17) is 14.2 Å². The molecule has 6 nitrogen and oxygen atoms in total. The zero-order chi connectivity index (χ0) is 59.2. The third-order valence-corrected chi connectivity index (χ3v) is 16.3. The summed E-state index contributed by atoms with van der Waals surface area (Å²) in [6.45, 7) is 6.51. The van der Waals surface area contributed by atoms with Gasteiger partial charge in [0.2, 0.25) is 0 Å². The third-order valence-electron chi connectivity index (χ3n) is 16.3. The summed E-state index contributed by atoms with van der Waals surface area (Å²) in [7, 11) is 0. The second-order valence-electron chi connectivity index (χ2n) is 24.5. The number of carbonyl (C=O) groups is 3. The standard InChI is InChI=1S/C76H138O6/c1-4-7-10-13-16-18-20-22-24-26-28-30-32-33-34-35-36-37-38-39-40-41-42-43-45-46-48-50-52-54-56-58-60-63-66-69-75(78)81-72-73(71-80-74(77)68-65-62-15-12-9-6-3)82-76(79)70-67-64-61-59-57-55-53-51-49-47-44-31-29-27-25-23-21-19-17-14-11-8-5-2/h8,11,17,19,23,25,29,31,47,49,73H,4-7,9-10,12-16,18,20-22,24,26-28,30,32-46,48,50-72H2,1-3H3/b11-8-,19-17-,25-23-,31-29-,49-47-. The minimum atomic E-state index is -0.777. The van der Waals surface area contributed by atoms with E-state index < -0.39 is 6.10 Å². The molecule has 0 aliphatic carbocycles. The van der Waals surface area contributed by atoms with Crippen LogP contribution in [0.4, 0.5) is 0 Å². The molecule has 0 N–H and O–H groups in total. The van der Waals surface area contributed by atoms with E-state index in [1.165, 1.54) is 250 Å². The molecule has 0 rings (SSSR count). The lowest BCUT2D eigenvalue weighted by atomic mass is 10.0. The summed E-state index contributed by atoms with van der Waals surface area (Å²) in [6, 6.07) is 0. The van der Waals surface area contributed by atoms with Crippen LogP contribution in [0.1, 0.15) is 387 Å². The van der Waals surface area contributed by atoms with Crippen LogP contribution in [0, 0.1) is 0 Å². The van der Waals surface area contributed by atoms with Crippen LogP contribution < -0.4 is 0 Å². The van der Waals surface area contributed by atoms with Crippen LogP contribution in [-0.4, -0.2) is 37.2 Å². The largest absolute Gasteiger partial charge is 0.462 e. The molecule has 0 radical (unpaired) electrons. The number of ether oxygens (including phenoxy) is 3. The van der Waals surface area contributed by atoms with Crippen LogP contribution in [0.3, 0.4) is 0 Å². The highest BCUT2D eigenvalue weighted by atomic mass is 16.6. The highest BCUT2D eigenvalue weighted by molar-refractivity contribution is 5.71. The maximum atomic E-state index is 12.9. The molecule has 0 saturated heterocycles. The van der Waals surface area contributed by atoms with Crippen molar-refractivity contribution in [2.75, 3.05) is 13.2 Å². The Balaban J connectivity index is 3.93. The molecule has 0 aromatic rings. The fourth-order valence-electron chi connectivity index (χ4n) is 10.9. The second-order valence-corrected chi connectivity index (χ2v) is 24.5. The van der Waals surface area contributed by atoms with Crippen molar-refractivity contribution in [2.45, 2.75) is 393 Å².